The maximum atomic E-state index is 10.7. The van der Waals surface area contributed by atoms with Gasteiger partial charge < -0.3 is 0 Å². The quantitative estimate of drug-likeness (QED) is 0.449. The van der Waals surface area contributed by atoms with Crippen LogP contribution in [-0.2, 0) is 10.8 Å². The number of hydrogen-bond acceptors (Lipinski definition) is 1. The largest absolute Gasteiger partial charge is 0.245 e. The first-order valence-electron chi connectivity index (χ1n) is 2.36. The van der Waals surface area contributed by atoms with Crippen LogP contribution in [0, 0.1) is 11.7 Å². The number of rotatable bonds is 0. The molecule has 8 heavy (non-hydrogen) atoms. The maximum absolute atomic E-state index is 10.7. The summed E-state index contributed by atoms with van der Waals surface area (Å²) in [6.07, 6.45) is 4.91. The van der Waals surface area contributed by atoms with Crippen LogP contribution in [0.15, 0.2) is 0 Å². The highest BCUT2D eigenvalue weighted by atomic mass is 32.2. The van der Waals surface area contributed by atoms with Gasteiger partial charge in [-0.1, -0.05) is 0 Å². The second kappa shape index (κ2) is 2.32. The van der Waals surface area contributed by atoms with Crippen LogP contribution in [0.25, 0.3) is 0 Å². The molecule has 1 atom stereocenters. The third kappa shape index (κ3) is 2.13. The lowest BCUT2D eigenvalue weighted by Crippen LogP contribution is -2.19. The first-order valence-corrected chi connectivity index (χ1v) is 3.51. The Labute approximate surface area is 52.9 Å². The van der Waals surface area contributed by atoms with Gasteiger partial charge in [0.15, 0.2) is 0 Å². The van der Waals surface area contributed by atoms with Gasteiger partial charge in [0.05, 0.1) is 0 Å². The fourth-order valence-electron chi connectivity index (χ4n) is 0.177. The van der Waals surface area contributed by atoms with Gasteiger partial charge in [-0.3, -0.25) is 0 Å². The Morgan fingerprint density at radius 3 is 1.88 bits per heavy atom. The monoisotopic (exact) mass is 130 g/mol. The van der Waals surface area contributed by atoms with Crippen LogP contribution in [0.5, 0.6) is 0 Å². The lowest BCUT2D eigenvalue weighted by Gasteiger charge is -2.11. The SMILES string of the molecule is C#CS(=O)C(C)(C)C. The molecule has 0 saturated carbocycles. The second-order valence-electron chi connectivity index (χ2n) is 2.50. The molecule has 0 radical (unpaired) electrons. The molecule has 0 saturated heterocycles. The molecular formula is C6H10OS. The van der Waals surface area contributed by atoms with Crippen LogP contribution in [0.4, 0.5) is 0 Å². The van der Waals surface area contributed by atoms with Crippen molar-refractivity contribution < 1.29 is 4.21 Å². The Kier molecular flexibility index (Phi) is 2.24. The van der Waals surface area contributed by atoms with E-state index < -0.39 is 10.8 Å². The van der Waals surface area contributed by atoms with Crippen LogP contribution in [0.2, 0.25) is 0 Å². The van der Waals surface area contributed by atoms with Crippen LogP contribution < -0.4 is 0 Å². The summed E-state index contributed by atoms with van der Waals surface area (Å²) >= 11 is 0. The normalized spacial score (nSPS) is 14.8. The molecule has 0 aromatic heterocycles. The molecule has 0 fully saturated rings. The molecular weight excluding hydrogens is 120 g/mol. The Hall–Kier alpha value is -0.290. The molecule has 0 heterocycles. The Bertz CT molecular complexity index is 136. The van der Waals surface area contributed by atoms with Gasteiger partial charge in [-0.15, -0.1) is 6.42 Å². The van der Waals surface area contributed by atoms with Crippen molar-refractivity contribution in [1.82, 2.24) is 0 Å². The van der Waals surface area contributed by atoms with Crippen LogP contribution >= 0.6 is 0 Å². The Morgan fingerprint density at radius 1 is 1.50 bits per heavy atom. The van der Waals surface area contributed by atoms with E-state index >= 15 is 0 Å². The summed E-state index contributed by atoms with van der Waals surface area (Å²) in [6, 6.07) is 0. The summed E-state index contributed by atoms with van der Waals surface area (Å²) in [6.45, 7) is 5.55. The second-order valence-corrected chi connectivity index (χ2v) is 4.50. The summed E-state index contributed by atoms with van der Waals surface area (Å²) in [5, 5.41) is 2.18. The third-order valence-electron chi connectivity index (χ3n) is 0.663. The van der Waals surface area contributed by atoms with Gasteiger partial charge in [0, 0.05) is 4.75 Å². The van der Waals surface area contributed by atoms with Gasteiger partial charge in [-0.05, 0) is 26.0 Å². The standard InChI is InChI=1S/C6H10OS/c1-5-8(7)6(2,3)4/h1H,2-4H3. The minimum absolute atomic E-state index is 0.255. The third-order valence-corrected chi connectivity index (χ3v) is 1.99. The lowest BCUT2D eigenvalue weighted by atomic mass is 10.3. The molecule has 0 aromatic carbocycles. The summed E-state index contributed by atoms with van der Waals surface area (Å²) < 4.78 is 10.5. The zero-order valence-electron chi connectivity index (χ0n) is 5.39. The minimum atomic E-state index is -1.12. The molecule has 2 heteroatoms. The van der Waals surface area contributed by atoms with Gasteiger partial charge in [0.1, 0.15) is 10.8 Å². The molecule has 0 bridgehead atoms. The summed E-state index contributed by atoms with van der Waals surface area (Å²) in [4.78, 5) is 0. The highest BCUT2D eigenvalue weighted by molar-refractivity contribution is 7.91. The van der Waals surface area contributed by atoms with Gasteiger partial charge in [0.25, 0.3) is 0 Å². The van der Waals surface area contributed by atoms with E-state index in [2.05, 4.69) is 5.25 Å². The minimum Gasteiger partial charge on any atom is -0.245 e. The van der Waals surface area contributed by atoms with Crippen LogP contribution in [0.3, 0.4) is 0 Å². The van der Waals surface area contributed by atoms with Crippen molar-refractivity contribution in [2.45, 2.75) is 25.5 Å². The summed E-state index contributed by atoms with van der Waals surface area (Å²) in [5.41, 5.74) is 0. The van der Waals surface area contributed by atoms with Gasteiger partial charge in [-0.25, -0.2) is 4.21 Å². The molecule has 46 valence electrons. The van der Waals surface area contributed by atoms with E-state index in [0.29, 0.717) is 0 Å². The van der Waals surface area contributed by atoms with Crippen molar-refractivity contribution in [3.63, 3.8) is 0 Å². The van der Waals surface area contributed by atoms with Gasteiger partial charge in [0.2, 0.25) is 0 Å². The molecule has 0 rings (SSSR count). The predicted molar refractivity (Wildman–Crippen MR) is 36.7 cm³/mol. The fraction of sp³-hybridized carbons (Fsp3) is 0.667. The average Bonchev–Trinajstić information content (AvgIpc) is 1.62. The Morgan fingerprint density at radius 2 is 1.88 bits per heavy atom. The fourth-order valence-corrected chi connectivity index (χ4v) is 0.530. The molecule has 0 aliphatic heterocycles. The van der Waals surface area contributed by atoms with Crippen molar-refractivity contribution in [1.29, 1.82) is 0 Å². The highest BCUT2D eigenvalue weighted by Gasteiger charge is 2.16. The number of terminal acetylenes is 1. The molecule has 0 amide bonds. The summed E-state index contributed by atoms with van der Waals surface area (Å²) in [7, 11) is -1.12. The lowest BCUT2D eigenvalue weighted by molar-refractivity contribution is 0.657. The molecule has 0 N–H and O–H groups in total. The highest BCUT2D eigenvalue weighted by Crippen LogP contribution is 2.08. The van der Waals surface area contributed by atoms with Crippen LogP contribution in [-0.4, -0.2) is 8.96 Å². The van der Waals surface area contributed by atoms with E-state index in [4.69, 9.17) is 6.42 Å². The molecule has 0 aliphatic carbocycles. The zero-order valence-corrected chi connectivity index (χ0v) is 6.21. The topological polar surface area (TPSA) is 17.1 Å². The van der Waals surface area contributed by atoms with E-state index in [1.807, 2.05) is 20.8 Å². The van der Waals surface area contributed by atoms with Crippen molar-refractivity contribution in [2.24, 2.45) is 0 Å². The van der Waals surface area contributed by atoms with E-state index in [1.165, 1.54) is 0 Å². The summed E-state index contributed by atoms with van der Waals surface area (Å²) in [5.74, 6) is 0. The molecule has 1 nitrogen and oxygen atoms in total. The molecule has 1 unspecified atom stereocenters. The molecule has 0 spiro atoms. The average molecular weight is 130 g/mol. The van der Waals surface area contributed by atoms with Gasteiger partial charge >= 0.3 is 0 Å². The first-order chi connectivity index (χ1) is 3.48. The Balaban J connectivity index is 4.09. The zero-order chi connectivity index (χ0) is 6.78. The van der Waals surface area contributed by atoms with Crippen molar-refractivity contribution in [3.05, 3.63) is 0 Å². The van der Waals surface area contributed by atoms with Crippen LogP contribution in [0.1, 0.15) is 20.8 Å². The first kappa shape index (κ1) is 7.71. The predicted octanol–water partition coefficient (Wildman–Crippen LogP) is 1.12. The van der Waals surface area contributed by atoms with E-state index in [-0.39, 0.29) is 4.75 Å². The van der Waals surface area contributed by atoms with Crippen molar-refractivity contribution in [2.75, 3.05) is 0 Å². The molecule has 0 aromatic rings. The molecule has 0 aliphatic rings. The van der Waals surface area contributed by atoms with Crippen molar-refractivity contribution >= 4 is 10.8 Å². The van der Waals surface area contributed by atoms with E-state index in [0.717, 1.165) is 0 Å². The van der Waals surface area contributed by atoms with Gasteiger partial charge in [-0.2, -0.15) is 0 Å². The van der Waals surface area contributed by atoms with E-state index in [9.17, 15) is 4.21 Å². The smallest absolute Gasteiger partial charge is 0.103 e. The van der Waals surface area contributed by atoms with E-state index in [1.54, 1.807) is 0 Å². The van der Waals surface area contributed by atoms with Crippen molar-refractivity contribution in [3.8, 4) is 11.7 Å². The number of hydrogen-bond donors (Lipinski definition) is 0. The maximum Gasteiger partial charge on any atom is 0.103 e.